The molecule has 4 aromatic rings. The Morgan fingerprint density at radius 3 is 2.42 bits per heavy atom. The van der Waals surface area contributed by atoms with Gasteiger partial charge >= 0.3 is 0 Å². The van der Waals surface area contributed by atoms with Crippen molar-refractivity contribution in [2.24, 2.45) is 4.99 Å². The van der Waals surface area contributed by atoms with Gasteiger partial charge in [0.15, 0.2) is 0 Å². The quantitative estimate of drug-likeness (QED) is 0.261. The van der Waals surface area contributed by atoms with Crippen molar-refractivity contribution in [3.63, 3.8) is 0 Å². The van der Waals surface area contributed by atoms with Gasteiger partial charge in [-0.2, -0.15) is 0 Å². The van der Waals surface area contributed by atoms with Crippen molar-refractivity contribution in [3.8, 4) is 11.3 Å². The predicted octanol–water partition coefficient (Wildman–Crippen LogP) is 5.79. The van der Waals surface area contributed by atoms with E-state index in [4.69, 9.17) is 9.98 Å². The molecule has 1 N–H and O–H groups in total. The lowest BCUT2D eigenvalue weighted by atomic mass is 9.93. The molecule has 45 heavy (non-hydrogen) atoms. The van der Waals surface area contributed by atoms with Crippen LogP contribution in [0, 0.1) is 12.7 Å². The summed E-state index contributed by atoms with van der Waals surface area (Å²) in [6, 6.07) is 20.3. The van der Waals surface area contributed by atoms with Gasteiger partial charge in [-0.3, -0.25) is 14.7 Å². The Morgan fingerprint density at radius 1 is 0.933 bits per heavy atom. The number of aliphatic imine (C=N–C) groups is 1. The Balaban J connectivity index is 1.14. The van der Waals surface area contributed by atoms with Crippen molar-refractivity contribution < 1.29 is 9.18 Å². The molecule has 0 unspecified atom stereocenters. The lowest BCUT2D eigenvalue weighted by Crippen LogP contribution is -2.50. The zero-order valence-corrected chi connectivity index (χ0v) is 26.3. The van der Waals surface area contributed by atoms with Gasteiger partial charge in [0.25, 0.3) is 5.91 Å². The van der Waals surface area contributed by atoms with Crippen molar-refractivity contribution in [2.45, 2.75) is 27.3 Å². The second kappa shape index (κ2) is 13.7. The molecule has 3 heterocycles. The Bertz CT molecular complexity index is 1690. The van der Waals surface area contributed by atoms with Crippen molar-refractivity contribution in [3.05, 3.63) is 107 Å². The summed E-state index contributed by atoms with van der Waals surface area (Å²) in [4.78, 5) is 34.3. The van der Waals surface area contributed by atoms with Gasteiger partial charge in [-0.05, 0) is 62.5 Å². The maximum atomic E-state index is 14.9. The molecule has 0 spiro atoms. The Kier molecular flexibility index (Phi) is 9.28. The van der Waals surface area contributed by atoms with Gasteiger partial charge in [-0.15, -0.1) is 0 Å². The highest BCUT2D eigenvalue weighted by molar-refractivity contribution is 6.17. The molecule has 1 saturated heterocycles. The summed E-state index contributed by atoms with van der Waals surface area (Å²) >= 11 is 0. The van der Waals surface area contributed by atoms with Crippen LogP contribution in [0.25, 0.3) is 11.3 Å². The third kappa shape index (κ3) is 6.79. The molecule has 0 bridgehead atoms. The Morgan fingerprint density at radius 2 is 1.69 bits per heavy atom. The van der Waals surface area contributed by atoms with Crippen LogP contribution >= 0.6 is 0 Å². The summed E-state index contributed by atoms with van der Waals surface area (Å²) in [7, 11) is 0. The number of fused-ring (bicyclic) bond motifs is 3. The van der Waals surface area contributed by atoms with Crippen LogP contribution in [0.5, 0.6) is 0 Å². The highest BCUT2D eigenvalue weighted by Gasteiger charge is 2.24. The minimum absolute atomic E-state index is 0.0591. The summed E-state index contributed by atoms with van der Waals surface area (Å²) in [5.41, 5.74) is 6.95. The zero-order chi connectivity index (χ0) is 31.3. The fourth-order valence-electron chi connectivity index (χ4n) is 6.01. The van der Waals surface area contributed by atoms with E-state index in [1.54, 1.807) is 18.3 Å². The van der Waals surface area contributed by atoms with Crippen LogP contribution in [-0.2, 0) is 6.54 Å². The first-order chi connectivity index (χ1) is 21.9. The van der Waals surface area contributed by atoms with Gasteiger partial charge in [0.2, 0.25) is 5.95 Å². The van der Waals surface area contributed by atoms with E-state index in [1.165, 1.54) is 6.07 Å². The van der Waals surface area contributed by atoms with E-state index in [0.717, 1.165) is 86.0 Å². The van der Waals surface area contributed by atoms with Crippen LogP contribution in [0.2, 0.25) is 0 Å². The van der Waals surface area contributed by atoms with Crippen LogP contribution in [0.15, 0.2) is 77.9 Å². The van der Waals surface area contributed by atoms with E-state index in [-0.39, 0.29) is 11.7 Å². The molecular weight excluding hydrogens is 565 g/mol. The number of hydrogen-bond donors (Lipinski definition) is 1. The lowest BCUT2D eigenvalue weighted by molar-refractivity contribution is 0.0625. The number of likely N-dealkylation sites (N-methyl/N-ethyl adjacent to an activating group) is 1. The molecule has 8 nitrogen and oxygen atoms in total. The number of anilines is 2. The van der Waals surface area contributed by atoms with Crippen molar-refractivity contribution in [1.82, 2.24) is 24.7 Å². The van der Waals surface area contributed by atoms with Crippen molar-refractivity contribution >= 4 is 23.3 Å². The van der Waals surface area contributed by atoms with E-state index < -0.39 is 0 Å². The molecule has 1 amide bonds. The lowest BCUT2D eigenvalue weighted by Gasteiger charge is -2.35. The molecule has 6 rings (SSSR count). The van der Waals surface area contributed by atoms with Crippen LogP contribution in [0.1, 0.15) is 46.5 Å². The topological polar surface area (TPSA) is 77.0 Å². The molecule has 1 aromatic heterocycles. The third-order valence-corrected chi connectivity index (χ3v) is 8.76. The van der Waals surface area contributed by atoms with Gasteiger partial charge in [0, 0.05) is 79.0 Å². The largest absolute Gasteiger partial charge is 0.336 e. The van der Waals surface area contributed by atoms with Gasteiger partial charge in [0.1, 0.15) is 5.82 Å². The summed E-state index contributed by atoms with van der Waals surface area (Å²) in [6.07, 6.45) is 1.78. The number of halogens is 1. The number of carbonyl (C=O) groups is 1. The zero-order valence-electron chi connectivity index (χ0n) is 26.3. The molecule has 0 atom stereocenters. The molecule has 232 valence electrons. The SMILES string of the molecule is CCN(CC)CCN1CCN(C(=O)c2ccc(Nc3ncc4c(n3)-c3ccc(C)cc3C(c3ccccc3F)=NC4)cc2)CC1. The maximum Gasteiger partial charge on any atom is 0.253 e. The summed E-state index contributed by atoms with van der Waals surface area (Å²) in [6.45, 7) is 14.3. The maximum absolute atomic E-state index is 14.9. The van der Waals surface area contributed by atoms with Crippen LogP contribution in [0.4, 0.5) is 16.0 Å². The van der Waals surface area contributed by atoms with Crippen LogP contribution < -0.4 is 5.32 Å². The molecule has 0 aliphatic carbocycles. The van der Waals surface area contributed by atoms with Gasteiger partial charge in [-0.1, -0.05) is 43.7 Å². The molecular formula is C36H40FN7O. The standard InChI is InChI=1S/C36H40FN7O/c1-4-42(5-2)16-17-43-18-20-44(21-19-43)35(45)26-11-13-28(14-12-26)40-36-39-24-27-23-38-34(30-8-6-7-9-32(30)37)31-22-25(3)10-15-29(31)33(27)41-36/h6-15,22,24H,4-5,16-21,23H2,1-3H3,(H,39,40,41). The average molecular weight is 606 g/mol. The number of benzene rings is 3. The first-order valence-corrected chi connectivity index (χ1v) is 15.8. The number of aromatic nitrogens is 2. The first kappa shape index (κ1) is 30.6. The van der Waals surface area contributed by atoms with Gasteiger partial charge in [0.05, 0.1) is 18.0 Å². The average Bonchev–Trinajstić information content (AvgIpc) is 3.22. The fourth-order valence-corrected chi connectivity index (χ4v) is 6.01. The monoisotopic (exact) mass is 605 g/mol. The van der Waals surface area contributed by atoms with Crippen molar-refractivity contribution in [1.29, 1.82) is 0 Å². The number of aryl methyl sites for hydroxylation is 1. The second-order valence-electron chi connectivity index (χ2n) is 11.6. The number of nitrogens with one attached hydrogen (secondary N) is 1. The first-order valence-electron chi connectivity index (χ1n) is 15.8. The minimum Gasteiger partial charge on any atom is -0.336 e. The molecule has 3 aromatic carbocycles. The molecule has 0 radical (unpaired) electrons. The fraction of sp³-hybridized carbons (Fsp3) is 0.333. The smallest absolute Gasteiger partial charge is 0.253 e. The molecule has 2 aliphatic rings. The summed E-state index contributed by atoms with van der Waals surface area (Å²) in [5.74, 6) is 0.191. The van der Waals surface area contributed by atoms with Crippen LogP contribution in [-0.4, -0.2) is 88.6 Å². The summed E-state index contributed by atoms with van der Waals surface area (Å²) in [5, 5.41) is 3.30. The number of piperazine rings is 1. The van der Waals surface area contributed by atoms with E-state index >= 15 is 0 Å². The number of hydrogen-bond acceptors (Lipinski definition) is 7. The van der Waals surface area contributed by atoms with Gasteiger partial charge < -0.3 is 15.1 Å². The van der Waals surface area contributed by atoms with Gasteiger partial charge in [-0.25, -0.2) is 14.4 Å². The van der Waals surface area contributed by atoms with Crippen LogP contribution in [0.3, 0.4) is 0 Å². The van der Waals surface area contributed by atoms with E-state index in [2.05, 4.69) is 33.9 Å². The third-order valence-electron chi connectivity index (χ3n) is 8.76. The number of carbonyl (C=O) groups excluding carboxylic acids is 1. The Labute approximate surface area is 264 Å². The van der Waals surface area contributed by atoms with E-state index in [9.17, 15) is 9.18 Å². The van der Waals surface area contributed by atoms with E-state index in [0.29, 0.717) is 29.3 Å². The Hall–Kier alpha value is -4.47. The normalized spacial score (nSPS) is 14.9. The number of nitrogens with zero attached hydrogens (tertiary/aromatic N) is 6. The predicted molar refractivity (Wildman–Crippen MR) is 178 cm³/mol. The number of amides is 1. The van der Waals surface area contributed by atoms with E-state index in [1.807, 2.05) is 60.4 Å². The molecule has 0 saturated carbocycles. The highest BCUT2D eigenvalue weighted by atomic mass is 19.1. The molecule has 9 heteroatoms. The summed E-state index contributed by atoms with van der Waals surface area (Å²) < 4.78 is 14.9. The number of rotatable bonds is 9. The molecule has 2 aliphatic heterocycles. The second-order valence-corrected chi connectivity index (χ2v) is 11.6. The minimum atomic E-state index is -0.307. The highest BCUT2D eigenvalue weighted by Crippen LogP contribution is 2.33. The van der Waals surface area contributed by atoms with Crippen molar-refractivity contribution in [2.75, 3.05) is 57.7 Å². The molecule has 1 fully saturated rings.